The Balaban J connectivity index is 2.48. The second-order valence-electron chi connectivity index (χ2n) is 4.51. The van der Waals surface area contributed by atoms with Gasteiger partial charge in [-0.1, -0.05) is 0 Å². The molecule has 0 spiro atoms. The van der Waals surface area contributed by atoms with Gasteiger partial charge in [-0.25, -0.2) is 14.2 Å². The summed E-state index contributed by atoms with van der Waals surface area (Å²) >= 11 is 0. The van der Waals surface area contributed by atoms with Crippen LogP contribution in [-0.4, -0.2) is 24.9 Å². The summed E-state index contributed by atoms with van der Waals surface area (Å²) in [5, 5.41) is 0. The molecule has 2 heterocycles. The molecule has 0 saturated carbocycles. The fraction of sp³-hybridized carbons (Fsp3) is 0.615. The molecule has 2 aromatic heterocycles. The number of nitrogens with zero attached hydrogens (tertiary/aromatic N) is 4. The normalized spacial score (nSPS) is 18.1. The first-order chi connectivity index (χ1) is 11.4. The van der Waals surface area contributed by atoms with Gasteiger partial charge in [0.05, 0.1) is 12.5 Å². The van der Waals surface area contributed by atoms with E-state index >= 15 is 0 Å². The van der Waals surface area contributed by atoms with E-state index in [1.54, 1.807) is 0 Å². The summed E-state index contributed by atoms with van der Waals surface area (Å²) < 4.78 is 53.3. The molecule has 7 heteroatoms. The highest BCUT2D eigenvalue weighted by atomic mass is 19.1. The van der Waals surface area contributed by atoms with Crippen LogP contribution < -0.4 is 11.2 Å². The van der Waals surface area contributed by atoms with Crippen LogP contribution in [-0.2, 0) is 20.6 Å². The van der Waals surface area contributed by atoms with Crippen molar-refractivity contribution in [1.82, 2.24) is 18.7 Å². The van der Waals surface area contributed by atoms with Crippen molar-refractivity contribution in [2.45, 2.75) is 38.9 Å². The number of rotatable bonds is 5. The van der Waals surface area contributed by atoms with Gasteiger partial charge in [0.25, 0.3) is 5.56 Å². The number of aromatic nitrogens is 4. The van der Waals surface area contributed by atoms with Crippen LogP contribution in [0.4, 0.5) is 4.39 Å². The fourth-order valence-electron chi connectivity index (χ4n) is 2.00. The first kappa shape index (κ1) is 9.10. The maximum absolute atomic E-state index is 13.2. The number of hydrogen-bond donors (Lipinski definition) is 0. The van der Waals surface area contributed by atoms with Gasteiger partial charge < -0.3 is 4.57 Å². The minimum atomic E-state index is -2.63. The molecule has 0 saturated heterocycles. The van der Waals surface area contributed by atoms with E-state index in [0.29, 0.717) is 0 Å². The number of imidazole rings is 1. The molecule has 0 amide bonds. The number of halogens is 1. The van der Waals surface area contributed by atoms with E-state index in [4.69, 9.17) is 6.85 Å². The molecule has 0 fully saturated rings. The Morgan fingerprint density at radius 3 is 2.90 bits per heavy atom. The molecule has 2 aromatic rings. The van der Waals surface area contributed by atoms with E-state index in [-0.39, 0.29) is 30.6 Å². The molecule has 0 aliphatic carbocycles. The van der Waals surface area contributed by atoms with Crippen molar-refractivity contribution in [2.75, 3.05) is 0 Å². The molecule has 0 N–H and O–H groups in total. The molecule has 1 atom stereocenters. The highest BCUT2D eigenvalue weighted by Crippen LogP contribution is 2.06. The summed E-state index contributed by atoms with van der Waals surface area (Å²) in [6, 6.07) is 0. The zero-order valence-electron chi connectivity index (χ0n) is 16.3. The van der Waals surface area contributed by atoms with Gasteiger partial charge in [0.1, 0.15) is 0 Å². The molecule has 0 unspecified atom stereocenters. The third-order valence-electron chi connectivity index (χ3n) is 3.02. The largest absolute Gasteiger partial charge is 0.332 e. The number of alkyl halides is 1. The van der Waals surface area contributed by atoms with Gasteiger partial charge in [0, 0.05) is 27.4 Å². The second kappa shape index (κ2) is 5.60. The lowest BCUT2D eigenvalue weighted by atomic mass is 10.2. The van der Waals surface area contributed by atoms with Gasteiger partial charge in [0.15, 0.2) is 11.2 Å². The lowest BCUT2D eigenvalue weighted by molar-refractivity contribution is 0.328. The lowest BCUT2D eigenvalue weighted by Crippen LogP contribution is -2.39. The molecule has 110 valence electrons. The van der Waals surface area contributed by atoms with Crippen molar-refractivity contribution in [3.8, 4) is 0 Å². The van der Waals surface area contributed by atoms with E-state index in [1.165, 1.54) is 7.05 Å². The van der Waals surface area contributed by atoms with Crippen LogP contribution in [0, 0.1) is 0 Å². The summed E-state index contributed by atoms with van der Waals surface area (Å²) in [6.45, 7) is -1.68. The minimum Gasteiger partial charge on any atom is -0.328 e. The van der Waals surface area contributed by atoms with Crippen LogP contribution in [0.15, 0.2) is 15.9 Å². The Kier molecular flexibility index (Phi) is 2.55. The Bertz CT molecular complexity index is 897. The molecule has 0 aliphatic heterocycles. The molecule has 20 heavy (non-hydrogen) atoms. The van der Waals surface area contributed by atoms with E-state index in [2.05, 4.69) is 4.98 Å². The van der Waals surface area contributed by atoms with Crippen LogP contribution in [0.1, 0.15) is 33.0 Å². The maximum Gasteiger partial charge on any atom is 0.332 e. The van der Waals surface area contributed by atoms with Crippen molar-refractivity contribution >= 4 is 11.2 Å². The molecular formula is C13H19FN4O2. The second-order valence-corrected chi connectivity index (χ2v) is 4.51. The standard InChI is InChI=1S/C13H19FN4O2/c1-9(14)6-4-5-7-18-12(19)10-11(15-8-16(10)2)17(3)13(18)20/h8-9H,4-7H2,1-3H3/t9-/m1/s1/i2D3,6D2. The van der Waals surface area contributed by atoms with E-state index in [9.17, 15) is 14.0 Å². The van der Waals surface area contributed by atoms with Crippen LogP contribution in [0.5, 0.6) is 0 Å². The van der Waals surface area contributed by atoms with Crippen molar-refractivity contribution in [1.29, 1.82) is 0 Å². The summed E-state index contributed by atoms with van der Waals surface area (Å²) in [4.78, 5) is 28.7. The Hall–Kier alpha value is -1.92. The van der Waals surface area contributed by atoms with Gasteiger partial charge in [-0.05, 0) is 26.1 Å². The lowest BCUT2D eigenvalue weighted by Gasteiger charge is -2.08. The minimum absolute atomic E-state index is 0.0455. The van der Waals surface area contributed by atoms with Gasteiger partial charge >= 0.3 is 5.69 Å². The average Bonchev–Trinajstić information content (AvgIpc) is 2.93. The van der Waals surface area contributed by atoms with Gasteiger partial charge in [0.2, 0.25) is 0 Å². The quantitative estimate of drug-likeness (QED) is 0.823. The molecule has 0 bridgehead atoms. The summed E-state index contributed by atoms with van der Waals surface area (Å²) in [7, 11) is 1.36. The Morgan fingerprint density at radius 1 is 1.50 bits per heavy atom. The first-order valence-electron chi connectivity index (χ1n) is 8.69. The third-order valence-corrected chi connectivity index (χ3v) is 3.02. The number of hydrogen-bond acceptors (Lipinski definition) is 3. The van der Waals surface area contributed by atoms with Crippen molar-refractivity contribution < 1.29 is 11.2 Å². The summed E-state index contributed by atoms with van der Waals surface area (Å²) in [5.41, 5.74) is -1.79. The van der Waals surface area contributed by atoms with Crippen molar-refractivity contribution in [3.05, 3.63) is 27.2 Å². The van der Waals surface area contributed by atoms with Gasteiger partial charge in [-0.15, -0.1) is 0 Å². The summed E-state index contributed by atoms with van der Waals surface area (Å²) in [5.74, 6) is 0. The van der Waals surface area contributed by atoms with Gasteiger partial charge in [-0.2, -0.15) is 0 Å². The van der Waals surface area contributed by atoms with E-state index in [0.717, 1.165) is 27.0 Å². The van der Waals surface area contributed by atoms with Crippen LogP contribution >= 0.6 is 0 Å². The Morgan fingerprint density at radius 2 is 2.25 bits per heavy atom. The van der Waals surface area contributed by atoms with Crippen molar-refractivity contribution in [2.24, 2.45) is 14.0 Å². The highest BCUT2D eigenvalue weighted by molar-refractivity contribution is 5.69. The zero-order valence-corrected chi connectivity index (χ0v) is 11.3. The number of aryl methyl sites for hydroxylation is 2. The fourth-order valence-corrected chi connectivity index (χ4v) is 2.00. The highest BCUT2D eigenvalue weighted by Gasteiger charge is 2.14. The SMILES string of the molecule is [2H]C([2H])(CCCn1c(=O)c2c(ncn2C([2H])([2H])[2H])n(C)c1=O)[C@@H](C)F. The third kappa shape index (κ3) is 2.52. The zero-order chi connectivity index (χ0) is 19.2. The average molecular weight is 287 g/mol. The molecule has 0 aromatic carbocycles. The number of fused-ring (bicyclic) bond motifs is 1. The van der Waals surface area contributed by atoms with Gasteiger partial charge in [-0.3, -0.25) is 13.9 Å². The smallest absolute Gasteiger partial charge is 0.328 e. The summed E-state index contributed by atoms with van der Waals surface area (Å²) in [6.07, 6.45) is -2.92. The van der Waals surface area contributed by atoms with Crippen LogP contribution in [0.25, 0.3) is 11.2 Å². The molecular weight excluding hydrogens is 263 g/mol. The molecule has 6 nitrogen and oxygen atoms in total. The first-order valence-corrected chi connectivity index (χ1v) is 6.19. The van der Waals surface area contributed by atoms with E-state index < -0.39 is 30.8 Å². The van der Waals surface area contributed by atoms with Crippen molar-refractivity contribution in [3.63, 3.8) is 0 Å². The maximum atomic E-state index is 13.2. The predicted octanol–water partition coefficient (Wildman–Crippen LogP) is 0.962. The van der Waals surface area contributed by atoms with Crippen LogP contribution in [0.2, 0.25) is 0 Å². The molecule has 0 radical (unpaired) electrons. The monoisotopic (exact) mass is 287 g/mol. The predicted molar refractivity (Wildman–Crippen MR) is 74.6 cm³/mol. The van der Waals surface area contributed by atoms with E-state index in [1.807, 2.05) is 0 Å². The molecule has 2 rings (SSSR count). The Labute approximate surface area is 122 Å². The molecule has 0 aliphatic rings. The van der Waals surface area contributed by atoms with Crippen LogP contribution in [0.3, 0.4) is 0 Å². The topological polar surface area (TPSA) is 61.8 Å².